The summed E-state index contributed by atoms with van der Waals surface area (Å²) in [5.74, 6) is 3.00. The lowest BCUT2D eigenvalue weighted by Gasteiger charge is -2.21. The van der Waals surface area contributed by atoms with Gasteiger partial charge in [0, 0.05) is 12.5 Å². The highest BCUT2D eigenvalue weighted by molar-refractivity contribution is 6.33. The molecule has 1 aromatic rings. The van der Waals surface area contributed by atoms with Crippen molar-refractivity contribution in [3.8, 4) is 0 Å². The lowest BCUT2D eigenvalue weighted by atomic mass is 9.89. The van der Waals surface area contributed by atoms with Gasteiger partial charge in [-0.3, -0.25) is 4.79 Å². The molecule has 0 saturated heterocycles. The Labute approximate surface area is 130 Å². The number of aromatic nitrogens is 2. The molecule has 2 saturated carbocycles. The summed E-state index contributed by atoms with van der Waals surface area (Å²) in [5.41, 5.74) is 0.304. The van der Waals surface area contributed by atoms with Gasteiger partial charge in [-0.1, -0.05) is 31.9 Å². The fourth-order valence-corrected chi connectivity index (χ4v) is 3.93. The summed E-state index contributed by atoms with van der Waals surface area (Å²) in [6, 6.07) is 0. The van der Waals surface area contributed by atoms with E-state index in [4.69, 9.17) is 11.6 Å². The zero-order chi connectivity index (χ0) is 15.0. The Bertz CT molecular complexity index is 546. The van der Waals surface area contributed by atoms with Gasteiger partial charge < -0.3 is 5.32 Å². The van der Waals surface area contributed by atoms with E-state index >= 15 is 0 Å². The number of amides is 1. The highest BCUT2D eigenvalue weighted by atomic mass is 35.5. The predicted octanol–water partition coefficient (Wildman–Crippen LogP) is 3.42. The van der Waals surface area contributed by atoms with Crippen LogP contribution in [-0.2, 0) is 0 Å². The Hall–Kier alpha value is -1.16. The second-order valence-electron chi connectivity index (χ2n) is 6.72. The molecule has 3 unspecified atom stereocenters. The molecule has 1 aromatic heterocycles. The highest BCUT2D eigenvalue weighted by Gasteiger charge is 2.39. The van der Waals surface area contributed by atoms with Crippen LogP contribution in [0, 0.1) is 17.8 Å². The highest BCUT2D eigenvalue weighted by Crippen LogP contribution is 2.47. The fourth-order valence-electron chi connectivity index (χ4n) is 3.75. The quantitative estimate of drug-likeness (QED) is 0.927. The van der Waals surface area contributed by atoms with E-state index in [9.17, 15) is 4.79 Å². The van der Waals surface area contributed by atoms with Gasteiger partial charge >= 0.3 is 0 Å². The number of carbonyl (C=O) groups excluding carboxylic acids is 1. The monoisotopic (exact) mass is 307 g/mol. The molecule has 2 aliphatic carbocycles. The summed E-state index contributed by atoms with van der Waals surface area (Å²) in [4.78, 5) is 20.8. The van der Waals surface area contributed by atoms with Crippen LogP contribution in [0.5, 0.6) is 0 Å². The zero-order valence-electron chi connectivity index (χ0n) is 12.6. The van der Waals surface area contributed by atoms with Crippen LogP contribution in [0.25, 0.3) is 0 Å². The Kier molecular flexibility index (Phi) is 4.16. The number of nitrogens with zero attached hydrogens (tertiary/aromatic N) is 2. The average Bonchev–Trinajstić information content (AvgIpc) is 3.07. The van der Waals surface area contributed by atoms with Crippen molar-refractivity contribution in [2.45, 2.75) is 45.4 Å². The van der Waals surface area contributed by atoms with Crippen molar-refractivity contribution >= 4 is 17.5 Å². The maximum atomic E-state index is 12.3. The first-order chi connectivity index (χ1) is 10.0. The maximum Gasteiger partial charge on any atom is 0.271 e. The summed E-state index contributed by atoms with van der Waals surface area (Å²) < 4.78 is 0. The Morgan fingerprint density at radius 2 is 2.24 bits per heavy atom. The normalized spacial score (nSPS) is 27.3. The van der Waals surface area contributed by atoms with Gasteiger partial charge in [0.25, 0.3) is 5.91 Å². The van der Waals surface area contributed by atoms with E-state index in [-0.39, 0.29) is 11.8 Å². The number of hydrogen-bond acceptors (Lipinski definition) is 3. The van der Waals surface area contributed by atoms with E-state index in [2.05, 4.69) is 15.3 Å². The molecule has 1 heterocycles. The van der Waals surface area contributed by atoms with E-state index in [0.29, 0.717) is 22.5 Å². The Morgan fingerprint density at radius 1 is 1.43 bits per heavy atom. The first-order valence-electron chi connectivity index (χ1n) is 7.85. The van der Waals surface area contributed by atoms with Gasteiger partial charge in [0.05, 0.1) is 11.2 Å². The molecule has 21 heavy (non-hydrogen) atoms. The molecule has 3 atom stereocenters. The second-order valence-corrected chi connectivity index (χ2v) is 7.13. The SMILES string of the molecule is CC(C)c1ncc(Cl)c(C(=O)NCC2CC3CCC2C3)n1. The van der Waals surface area contributed by atoms with Crippen LogP contribution in [0.1, 0.15) is 61.8 Å². The largest absolute Gasteiger partial charge is 0.350 e. The molecule has 2 fully saturated rings. The lowest BCUT2D eigenvalue weighted by molar-refractivity contribution is 0.0936. The van der Waals surface area contributed by atoms with E-state index in [1.54, 1.807) is 0 Å². The van der Waals surface area contributed by atoms with Crippen LogP contribution < -0.4 is 5.32 Å². The number of hydrogen-bond donors (Lipinski definition) is 1. The zero-order valence-corrected chi connectivity index (χ0v) is 13.4. The minimum Gasteiger partial charge on any atom is -0.350 e. The van der Waals surface area contributed by atoms with Crippen LogP contribution in [-0.4, -0.2) is 22.4 Å². The Balaban J connectivity index is 1.64. The van der Waals surface area contributed by atoms with Gasteiger partial charge in [-0.05, 0) is 37.0 Å². The van der Waals surface area contributed by atoms with Gasteiger partial charge in [0.1, 0.15) is 11.5 Å². The van der Waals surface area contributed by atoms with Crippen molar-refractivity contribution in [2.75, 3.05) is 6.54 Å². The van der Waals surface area contributed by atoms with E-state index in [1.807, 2.05) is 13.8 Å². The smallest absolute Gasteiger partial charge is 0.271 e. The van der Waals surface area contributed by atoms with Crippen molar-refractivity contribution in [3.63, 3.8) is 0 Å². The van der Waals surface area contributed by atoms with Gasteiger partial charge in [-0.25, -0.2) is 9.97 Å². The summed E-state index contributed by atoms with van der Waals surface area (Å²) in [6.07, 6.45) is 6.85. The van der Waals surface area contributed by atoms with Crippen LogP contribution in [0.2, 0.25) is 5.02 Å². The molecule has 3 rings (SSSR count). The van der Waals surface area contributed by atoms with E-state index in [1.165, 1.54) is 31.9 Å². The molecule has 0 radical (unpaired) electrons. The third kappa shape index (κ3) is 3.05. The number of halogens is 1. The number of nitrogens with one attached hydrogen (secondary N) is 1. The summed E-state index contributed by atoms with van der Waals surface area (Å²) in [7, 11) is 0. The minimum absolute atomic E-state index is 0.174. The second kappa shape index (κ2) is 5.91. The van der Waals surface area contributed by atoms with Crippen LogP contribution in [0.4, 0.5) is 0 Å². The van der Waals surface area contributed by atoms with Crippen molar-refractivity contribution < 1.29 is 4.79 Å². The fraction of sp³-hybridized carbons (Fsp3) is 0.688. The van der Waals surface area contributed by atoms with Gasteiger partial charge in [0.15, 0.2) is 0 Å². The molecule has 2 bridgehead atoms. The topological polar surface area (TPSA) is 54.9 Å². The van der Waals surface area contributed by atoms with Crippen LogP contribution in [0.3, 0.4) is 0 Å². The third-order valence-electron chi connectivity index (χ3n) is 4.90. The van der Waals surface area contributed by atoms with Crippen molar-refractivity contribution in [1.29, 1.82) is 0 Å². The molecule has 1 N–H and O–H groups in total. The molecular weight excluding hydrogens is 286 g/mol. The van der Waals surface area contributed by atoms with Crippen LogP contribution >= 0.6 is 11.6 Å². The molecule has 0 spiro atoms. The van der Waals surface area contributed by atoms with Crippen LogP contribution in [0.15, 0.2) is 6.20 Å². The number of fused-ring (bicyclic) bond motifs is 2. The van der Waals surface area contributed by atoms with E-state index < -0.39 is 0 Å². The Morgan fingerprint density at radius 3 is 2.86 bits per heavy atom. The third-order valence-corrected chi connectivity index (χ3v) is 5.18. The van der Waals surface area contributed by atoms with E-state index in [0.717, 1.165) is 18.4 Å². The standard InChI is InChI=1S/C16H22ClN3O/c1-9(2)15-18-8-13(17)14(20-15)16(21)19-7-12-6-10-3-4-11(12)5-10/h8-12H,3-7H2,1-2H3,(H,19,21). The van der Waals surface area contributed by atoms with Gasteiger partial charge in [0.2, 0.25) is 0 Å². The first-order valence-corrected chi connectivity index (χ1v) is 8.23. The average molecular weight is 308 g/mol. The molecule has 0 aromatic carbocycles. The molecule has 1 amide bonds. The molecule has 5 heteroatoms. The first kappa shape index (κ1) is 14.8. The molecule has 114 valence electrons. The summed E-state index contributed by atoms with van der Waals surface area (Å²) >= 11 is 6.07. The van der Waals surface area contributed by atoms with Crippen molar-refractivity contribution in [2.24, 2.45) is 17.8 Å². The minimum atomic E-state index is -0.174. The predicted molar refractivity (Wildman–Crippen MR) is 82.4 cm³/mol. The number of rotatable bonds is 4. The molecule has 2 aliphatic rings. The van der Waals surface area contributed by atoms with Gasteiger partial charge in [-0.2, -0.15) is 0 Å². The maximum absolute atomic E-state index is 12.3. The molecule has 0 aliphatic heterocycles. The molecular formula is C16H22ClN3O. The summed E-state index contributed by atoms with van der Waals surface area (Å²) in [6.45, 7) is 4.75. The van der Waals surface area contributed by atoms with Gasteiger partial charge in [-0.15, -0.1) is 0 Å². The lowest BCUT2D eigenvalue weighted by Crippen LogP contribution is -2.32. The number of carbonyl (C=O) groups is 1. The van der Waals surface area contributed by atoms with Crippen molar-refractivity contribution in [1.82, 2.24) is 15.3 Å². The summed E-state index contributed by atoms with van der Waals surface area (Å²) in [5, 5.41) is 3.34. The van der Waals surface area contributed by atoms with Crippen molar-refractivity contribution in [3.05, 3.63) is 22.7 Å². The molecule has 4 nitrogen and oxygen atoms in total.